The minimum atomic E-state index is -3.45. The highest BCUT2D eigenvalue weighted by Gasteiger charge is 2.27. The maximum Gasteiger partial charge on any atom is 0.344 e. The summed E-state index contributed by atoms with van der Waals surface area (Å²) in [4.78, 5) is 36.0. The van der Waals surface area contributed by atoms with Crippen molar-refractivity contribution in [3.05, 3.63) is 95.2 Å². The number of anilines is 2. The molecule has 0 atom stereocenters. The largest absolute Gasteiger partial charge is 0.490 e. The van der Waals surface area contributed by atoms with Crippen molar-refractivity contribution < 1.29 is 35.9 Å². The summed E-state index contributed by atoms with van der Waals surface area (Å²) in [7, 11) is -6.61. The molecule has 0 aliphatic carbocycles. The van der Waals surface area contributed by atoms with Crippen LogP contribution in [0.1, 0.15) is 36.8 Å². The Hall–Kier alpha value is -5.55. The van der Waals surface area contributed by atoms with Crippen LogP contribution in [0.25, 0.3) is 21.1 Å². The fourth-order valence-corrected chi connectivity index (χ4v) is 9.03. The summed E-state index contributed by atoms with van der Waals surface area (Å²) in [5.41, 5.74) is 4.34. The van der Waals surface area contributed by atoms with Crippen molar-refractivity contribution in [1.82, 2.24) is 39.7 Å². The molecule has 0 radical (unpaired) electrons. The van der Waals surface area contributed by atoms with E-state index in [1.807, 2.05) is 41.9 Å². The number of nitrogens with zero attached hydrogens (tertiary/aromatic N) is 7. The highest BCUT2D eigenvalue weighted by Crippen LogP contribution is 2.35. The van der Waals surface area contributed by atoms with Gasteiger partial charge in [0.05, 0.1) is 29.8 Å². The molecule has 3 N–H and O–H groups in total. The van der Waals surface area contributed by atoms with Crippen molar-refractivity contribution in [2.24, 2.45) is 0 Å². The molecule has 0 saturated carbocycles. The first-order chi connectivity index (χ1) is 30.0. The summed E-state index contributed by atoms with van der Waals surface area (Å²) in [5, 5.41) is 15.4. The Labute approximate surface area is 378 Å². The number of likely N-dealkylation sites (tertiary alicyclic amines) is 2. The number of aryl methyl sites for hydroxylation is 2. The standard InChI is InChI=1S/C20H23N5O4S2.C16H17ClN2O2S.C4H7N3O2S/c1-14-3-4-17(16(13-14)19-21-8-12-30-19)29-15-5-9-24(10-6-15)20(26)25-11-7-18(22-25)23-31(2,27)28;1-11-2-3-14(13(10-11)15-18-6-9-22-15)21-12-4-7-19(8-5-12)16(17)20;1-10(8,9)7-4-2-3-5-6-4/h3-4,7-8,11-13,15H,5-6,9-10H2,1-2H3,(H,22,23);2-3,6,9-10,12H,4-5,7-8H2,1H3;2-3H,1H3,(H2,5,6,7). The number of piperidine rings is 2. The van der Waals surface area contributed by atoms with Crippen molar-refractivity contribution in [3.8, 4) is 32.6 Å². The monoisotopic (exact) mass is 958 g/mol. The van der Waals surface area contributed by atoms with Gasteiger partial charge in [-0.3, -0.25) is 19.3 Å². The number of ether oxygens (including phenoxy) is 2. The van der Waals surface area contributed by atoms with Crippen LogP contribution < -0.4 is 18.9 Å². The minimum absolute atomic E-state index is 0.00875. The Bertz CT molecular complexity index is 2650. The van der Waals surface area contributed by atoms with Gasteiger partial charge in [-0.2, -0.15) is 9.78 Å². The van der Waals surface area contributed by atoms with Crippen LogP contribution in [0.5, 0.6) is 11.5 Å². The Morgan fingerprint density at radius 1 is 0.730 bits per heavy atom. The molecule has 63 heavy (non-hydrogen) atoms. The van der Waals surface area contributed by atoms with E-state index in [9.17, 15) is 26.4 Å². The Morgan fingerprint density at radius 2 is 1.24 bits per heavy atom. The molecule has 18 nitrogen and oxygen atoms in total. The molecule has 2 aromatic carbocycles. The minimum Gasteiger partial charge on any atom is -0.490 e. The van der Waals surface area contributed by atoms with Gasteiger partial charge in [-0.1, -0.05) is 23.3 Å². The van der Waals surface area contributed by atoms with E-state index in [1.54, 1.807) is 44.9 Å². The zero-order valence-corrected chi connectivity index (χ0v) is 38.8. The molecule has 0 bridgehead atoms. The van der Waals surface area contributed by atoms with E-state index in [4.69, 9.17) is 21.1 Å². The lowest BCUT2D eigenvalue weighted by Gasteiger charge is -2.32. The number of carbonyl (C=O) groups excluding carboxylic acids is 2. The molecule has 6 heterocycles. The zero-order chi connectivity index (χ0) is 45.1. The number of aromatic amines is 1. The van der Waals surface area contributed by atoms with Gasteiger partial charge in [-0.05, 0) is 49.7 Å². The van der Waals surface area contributed by atoms with Gasteiger partial charge in [-0.25, -0.2) is 31.6 Å². The number of H-pyrrole nitrogens is 1. The summed E-state index contributed by atoms with van der Waals surface area (Å²) >= 11 is 8.69. The molecule has 8 rings (SSSR count). The number of thiazole rings is 2. The smallest absolute Gasteiger partial charge is 0.344 e. The van der Waals surface area contributed by atoms with Gasteiger partial charge >= 0.3 is 11.4 Å². The molecule has 2 fully saturated rings. The Morgan fingerprint density at radius 3 is 1.67 bits per heavy atom. The summed E-state index contributed by atoms with van der Waals surface area (Å²) < 4.78 is 61.8. The van der Waals surface area contributed by atoms with Crippen LogP contribution in [-0.2, 0) is 20.0 Å². The Balaban J connectivity index is 0.000000178. The average molecular weight is 960 g/mol. The van der Waals surface area contributed by atoms with Gasteiger partial charge in [0.25, 0.3) is 0 Å². The lowest BCUT2D eigenvalue weighted by Crippen LogP contribution is -2.43. The molecule has 2 aliphatic heterocycles. The predicted molar refractivity (Wildman–Crippen MR) is 245 cm³/mol. The molecule has 2 amide bonds. The third-order valence-corrected chi connectivity index (χ3v) is 12.5. The number of sulfonamides is 2. The van der Waals surface area contributed by atoms with E-state index >= 15 is 0 Å². The lowest BCUT2D eigenvalue weighted by atomic mass is 10.1. The third kappa shape index (κ3) is 14.2. The molecule has 23 heteroatoms. The maximum absolute atomic E-state index is 12.7. The molecular weight excluding hydrogens is 912 g/mol. The summed E-state index contributed by atoms with van der Waals surface area (Å²) in [5.74, 6) is 2.15. The SMILES string of the molecule is CS(=O)(=O)Nc1ccn[nH]1.Cc1ccc(OC2CCN(C(=O)Cl)CC2)c(-c2nccs2)c1.Cc1ccc(OC2CCN(C(=O)n3ccc(NS(C)(=O)=O)n3)CC2)c(-c2nccs2)c1. The molecule has 0 unspecified atom stereocenters. The number of hydrogen-bond acceptors (Lipinski definition) is 14. The highest BCUT2D eigenvalue weighted by molar-refractivity contribution is 7.92. The van der Waals surface area contributed by atoms with E-state index in [-0.39, 0.29) is 29.4 Å². The van der Waals surface area contributed by atoms with Crippen LogP contribution in [0, 0.1) is 13.8 Å². The summed E-state index contributed by atoms with van der Waals surface area (Å²) in [6, 6.07) is 14.9. The topological polar surface area (TPSA) is 224 Å². The van der Waals surface area contributed by atoms with E-state index < -0.39 is 20.0 Å². The molecule has 4 aromatic heterocycles. The van der Waals surface area contributed by atoms with E-state index in [0.717, 1.165) is 68.2 Å². The molecule has 336 valence electrons. The molecule has 2 aliphatic rings. The first-order valence-corrected chi connectivity index (χ1v) is 25.5. The maximum atomic E-state index is 12.7. The van der Waals surface area contributed by atoms with Gasteiger partial charge in [-0.15, -0.1) is 27.8 Å². The third-order valence-electron chi connectivity index (χ3n) is 9.46. The number of benzene rings is 2. The number of nitrogens with one attached hydrogen (secondary N) is 3. The number of aromatic nitrogens is 6. The molecule has 2 saturated heterocycles. The summed E-state index contributed by atoms with van der Waals surface area (Å²) in [6.07, 6.45) is 11.7. The van der Waals surface area contributed by atoms with Gasteiger partial charge in [0, 0.05) is 93.3 Å². The first-order valence-electron chi connectivity index (χ1n) is 19.6. The van der Waals surface area contributed by atoms with Crippen LogP contribution in [0.3, 0.4) is 0 Å². The number of halogens is 1. The number of rotatable bonds is 10. The van der Waals surface area contributed by atoms with Crippen molar-refractivity contribution >= 4 is 77.4 Å². The quantitative estimate of drug-likeness (QED) is 0.0909. The van der Waals surface area contributed by atoms with Crippen LogP contribution in [-0.4, -0.2) is 119 Å². The van der Waals surface area contributed by atoms with Gasteiger partial charge < -0.3 is 19.3 Å². The van der Waals surface area contributed by atoms with Gasteiger partial charge in [0.2, 0.25) is 20.0 Å². The van der Waals surface area contributed by atoms with Crippen molar-refractivity contribution in [2.45, 2.75) is 51.7 Å². The van der Waals surface area contributed by atoms with Crippen LogP contribution in [0.15, 0.2) is 84.1 Å². The van der Waals surface area contributed by atoms with Gasteiger partial charge in [0.15, 0.2) is 5.82 Å². The van der Waals surface area contributed by atoms with E-state index in [2.05, 4.69) is 53.8 Å². The van der Waals surface area contributed by atoms with Crippen LogP contribution in [0.2, 0.25) is 0 Å². The van der Waals surface area contributed by atoms with Crippen LogP contribution >= 0.6 is 34.3 Å². The Kier molecular flexibility index (Phi) is 15.8. The van der Waals surface area contributed by atoms with Crippen molar-refractivity contribution in [1.29, 1.82) is 0 Å². The van der Waals surface area contributed by atoms with E-state index in [0.29, 0.717) is 44.8 Å². The van der Waals surface area contributed by atoms with Crippen molar-refractivity contribution in [3.63, 3.8) is 0 Å². The number of carbonyl (C=O) groups is 2. The molecule has 0 spiro atoms. The van der Waals surface area contributed by atoms with Crippen molar-refractivity contribution in [2.75, 3.05) is 48.1 Å². The molecular formula is C40H47ClN10O8S4. The molecule has 6 aromatic rings. The average Bonchev–Trinajstić information content (AvgIpc) is 4.09. The lowest BCUT2D eigenvalue weighted by molar-refractivity contribution is 0.111. The fourth-order valence-electron chi connectivity index (χ4n) is 6.55. The highest BCUT2D eigenvalue weighted by atomic mass is 35.5. The van der Waals surface area contributed by atoms with Crippen LogP contribution in [0.4, 0.5) is 21.2 Å². The fraction of sp³-hybridized carbons (Fsp3) is 0.350. The van der Waals surface area contributed by atoms with Gasteiger partial charge in [0.1, 0.15) is 39.5 Å². The second-order valence-electron chi connectivity index (χ2n) is 14.7. The second kappa shape index (κ2) is 21.2. The number of amides is 2. The summed E-state index contributed by atoms with van der Waals surface area (Å²) in [6.45, 7) is 6.44. The normalized spacial score (nSPS) is 14.7. The first kappa shape index (κ1) is 46.9. The second-order valence-corrected chi connectivity index (χ2v) is 20.3. The predicted octanol–water partition coefficient (Wildman–Crippen LogP) is 7.30. The van der Waals surface area contributed by atoms with E-state index in [1.165, 1.54) is 30.1 Å². The number of hydrogen-bond donors (Lipinski definition) is 3. The zero-order valence-electron chi connectivity index (χ0n) is 34.8.